The van der Waals surface area contributed by atoms with Crippen LogP contribution in [0, 0.1) is 6.92 Å². The average molecular weight is 465 g/mol. The molecule has 1 unspecified atom stereocenters. The highest BCUT2D eigenvalue weighted by Gasteiger charge is 2.30. The largest absolute Gasteiger partial charge is 0.493 e. The molecule has 0 bridgehead atoms. The molecule has 1 aliphatic heterocycles. The Bertz CT molecular complexity index is 1130. The highest BCUT2D eigenvalue weighted by Crippen LogP contribution is 2.38. The van der Waals surface area contributed by atoms with Crippen LogP contribution in [-0.2, 0) is 13.0 Å². The molecule has 0 radical (unpaired) electrons. The molecule has 5 nitrogen and oxygen atoms in total. The predicted molar refractivity (Wildman–Crippen MR) is 131 cm³/mol. The summed E-state index contributed by atoms with van der Waals surface area (Å²) >= 11 is 6.24. The van der Waals surface area contributed by atoms with Gasteiger partial charge in [-0.05, 0) is 54.3 Å². The van der Waals surface area contributed by atoms with Crippen LogP contribution in [0.15, 0.2) is 60.7 Å². The zero-order valence-electron chi connectivity index (χ0n) is 19.2. The summed E-state index contributed by atoms with van der Waals surface area (Å²) in [4.78, 5) is 15.3. The summed E-state index contributed by atoms with van der Waals surface area (Å²) in [6.07, 6.45) is 0.899. The Morgan fingerprint density at radius 1 is 1.06 bits per heavy atom. The van der Waals surface area contributed by atoms with Crippen LogP contribution >= 0.6 is 11.6 Å². The molecule has 6 heteroatoms. The fourth-order valence-electron chi connectivity index (χ4n) is 4.37. The Balaban J connectivity index is 1.63. The molecule has 33 heavy (non-hydrogen) atoms. The van der Waals surface area contributed by atoms with Crippen molar-refractivity contribution in [1.82, 2.24) is 10.2 Å². The smallest absolute Gasteiger partial charge is 0.252 e. The standard InChI is InChI=1S/C27H29ClN2O3/c1-18-8-10-19(11-9-18)17-30-13-12-20-14-25(32-2)26(33-3)15-22(20)24(30)16-29-27(31)21-6-4-5-7-23(21)28/h4-11,14-15,24H,12-13,16-17H2,1-3H3,(H,29,31). The zero-order chi connectivity index (χ0) is 23.4. The van der Waals surface area contributed by atoms with Crippen LogP contribution in [0.2, 0.25) is 5.02 Å². The second-order valence-electron chi connectivity index (χ2n) is 8.32. The van der Waals surface area contributed by atoms with E-state index >= 15 is 0 Å². The van der Waals surface area contributed by atoms with Crippen LogP contribution in [0.5, 0.6) is 11.5 Å². The summed E-state index contributed by atoms with van der Waals surface area (Å²) in [5, 5.41) is 3.55. The summed E-state index contributed by atoms with van der Waals surface area (Å²) in [5.74, 6) is 1.24. The van der Waals surface area contributed by atoms with Crippen LogP contribution in [0.1, 0.15) is 38.7 Å². The zero-order valence-corrected chi connectivity index (χ0v) is 20.0. The lowest BCUT2D eigenvalue weighted by atomic mass is 9.91. The highest BCUT2D eigenvalue weighted by atomic mass is 35.5. The Morgan fingerprint density at radius 2 is 1.76 bits per heavy atom. The van der Waals surface area contributed by atoms with Crippen molar-refractivity contribution in [1.29, 1.82) is 0 Å². The molecule has 0 spiro atoms. The van der Waals surface area contributed by atoms with E-state index in [1.165, 1.54) is 16.7 Å². The van der Waals surface area contributed by atoms with Crippen molar-refractivity contribution in [3.63, 3.8) is 0 Å². The number of carbonyl (C=O) groups is 1. The number of benzene rings is 3. The fourth-order valence-corrected chi connectivity index (χ4v) is 4.59. The lowest BCUT2D eigenvalue weighted by Crippen LogP contribution is -2.41. The molecule has 0 saturated carbocycles. The summed E-state index contributed by atoms with van der Waals surface area (Å²) in [6.45, 7) is 4.22. The van der Waals surface area contributed by atoms with Crippen molar-refractivity contribution >= 4 is 17.5 Å². The monoisotopic (exact) mass is 464 g/mol. The number of nitrogens with one attached hydrogen (secondary N) is 1. The first-order valence-corrected chi connectivity index (χ1v) is 11.4. The molecular formula is C27H29ClN2O3. The Kier molecular flexibility index (Phi) is 7.21. The van der Waals surface area contributed by atoms with Crippen molar-refractivity contribution in [2.45, 2.75) is 25.9 Å². The van der Waals surface area contributed by atoms with Crippen molar-refractivity contribution in [3.8, 4) is 11.5 Å². The minimum atomic E-state index is -0.177. The van der Waals surface area contributed by atoms with Crippen molar-refractivity contribution in [3.05, 3.63) is 93.5 Å². The maximum atomic E-state index is 12.9. The molecule has 1 heterocycles. The van der Waals surface area contributed by atoms with Crippen LogP contribution in [0.4, 0.5) is 0 Å². The number of fused-ring (bicyclic) bond motifs is 1. The Hall–Kier alpha value is -3.02. The van der Waals surface area contributed by atoms with Crippen molar-refractivity contribution in [2.75, 3.05) is 27.3 Å². The number of nitrogens with zero attached hydrogens (tertiary/aromatic N) is 1. The first-order chi connectivity index (χ1) is 16.0. The molecule has 0 aliphatic carbocycles. The predicted octanol–water partition coefficient (Wildman–Crippen LogP) is 5.20. The van der Waals surface area contributed by atoms with E-state index in [1.807, 2.05) is 18.2 Å². The van der Waals surface area contributed by atoms with Crippen molar-refractivity contribution in [2.24, 2.45) is 0 Å². The third-order valence-corrected chi connectivity index (χ3v) is 6.52. The third-order valence-electron chi connectivity index (χ3n) is 6.19. The minimum Gasteiger partial charge on any atom is -0.493 e. The molecule has 172 valence electrons. The minimum absolute atomic E-state index is 0.0127. The van der Waals surface area contributed by atoms with Gasteiger partial charge in [-0.2, -0.15) is 0 Å². The van der Waals surface area contributed by atoms with Gasteiger partial charge < -0.3 is 14.8 Å². The van der Waals surface area contributed by atoms with E-state index in [0.29, 0.717) is 22.9 Å². The maximum absolute atomic E-state index is 12.9. The average Bonchev–Trinajstić information content (AvgIpc) is 2.83. The van der Waals surface area contributed by atoms with Crippen LogP contribution in [-0.4, -0.2) is 38.1 Å². The Labute approximate surface area is 200 Å². The van der Waals surface area contributed by atoms with E-state index < -0.39 is 0 Å². The van der Waals surface area contributed by atoms with Gasteiger partial charge in [0.25, 0.3) is 5.91 Å². The van der Waals surface area contributed by atoms with E-state index in [2.05, 4.69) is 47.5 Å². The van der Waals surface area contributed by atoms with Gasteiger partial charge in [0, 0.05) is 19.6 Å². The molecule has 4 rings (SSSR count). The van der Waals surface area contributed by atoms with Gasteiger partial charge in [0.05, 0.1) is 30.8 Å². The number of halogens is 1. The van der Waals surface area contributed by atoms with E-state index in [0.717, 1.165) is 30.8 Å². The summed E-state index contributed by atoms with van der Waals surface area (Å²) < 4.78 is 11.1. The molecular weight excluding hydrogens is 436 g/mol. The van der Waals surface area contributed by atoms with E-state index in [1.54, 1.807) is 26.4 Å². The lowest BCUT2D eigenvalue weighted by Gasteiger charge is -2.38. The van der Waals surface area contributed by atoms with E-state index in [9.17, 15) is 4.79 Å². The fraction of sp³-hybridized carbons (Fsp3) is 0.296. The Morgan fingerprint density at radius 3 is 2.45 bits per heavy atom. The highest BCUT2D eigenvalue weighted by molar-refractivity contribution is 6.33. The first-order valence-electron chi connectivity index (χ1n) is 11.1. The number of ether oxygens (including phenoxy) is 2. The SMILES string of the molecule is COc1cc2c(cc1OC)C(CNC(=O)c1ccccc1Cl)N(Cc1ccc(C)cc1)CC2. The topological polar surface area (TPSA) is 50.8 Å². The van der Waals surface area contributed by atoms with Gasteiger partial charge in [-0.15, -0.1) is 0 Å². The van der Waals surface area contributed by atoms with Gasteiger partial charge in [-0.3, -0.25) is 9.69 Å². The molecule has 1 atom stereocenters. The van der Waals surface area contributed by atoms with Crippen LogP contribution < -0.4 is 14.8 Å². The quantitative estimate of drug-likeness (QED) is 0.522. The number of aryl methyl sites for hydroxylation is 1. The summed E-state index contributed by atoms with van der Waals surface area (Å²) in [5.41, 5.74) is 5.32. The molecule has 0 fully saturated rings. The van der Waals surface area contributed by atoms with E-state index in [4.69, 9.17) is 21.1 Å². The first kappa shape index (κ1) is 23.1. The van der Waals surface area contributed by atoms with Crippen LogP contribution in [0.3, 0.4) is 0 Å². The number of carbonyl (C=O) groups excluding carboxylic acids is 1. The molecule has 0 saturated heterocycles. The summed E-state index contributed by atoms with van der Waals surface area (Å²) in [6, 6.07) is 19.8. The number of hydrogen-bond acceptors (Lipinski definition) is 4. The van der Waals surface area contributed by atoms with Gasteiger partial charge in [0.1, 0.15) is 0 Å². The molecule has 3 aromatic rings. The number of amides is 1. The molecule has 1 amide bonds. The van der Waals surface area contributed by atoms with Gasteiger partial charge in [0.15, 0.2) is 11.5 Å². The van der Waals surface area contributed by atoms with Crippen LogP contribution in [0.25, 0.3) is 0 Å². The van der Waals surface area contributed by atoms with Gasteiger partial charge >= 0.3 is 0 Å². The maximum Gasteiger partial charge on any atom is 0.252 e. The van der Waals surface area contributed by atoms with Gasteiger partial charge in [0.2, 0.25) is 0 Å². The van der Waals surface area contributed by atoms with Gasteiger partial charge in [-0.25, -0.2) is 0 Å². The van der Waals surface area contributed by atoms with Crippen molar-refractivity contribution < 1.29 is 14.3 Å². The second kappa shape index (κ2) is 10.3. The molecule has 0 aromatic heterocycles. The van der Waals surface area contributed by atoms with Gasteiger partial charge in [-0.1, -0.05) is 53.6 Å². The lowest BCUT2D eigenvalue weighted by molar-refractivity contribution is 0.0926. The van der Waals surface area contributed by atoms with E-state index in [-0.39, 0.29) is 11.9 Å². The molecule has 3 aromatic carbocycles. The number of methoxy groups -OCH3 is 2. The molecule has 1 N–H and O–H groups in total. The molecule has 1 aliphatic rings. The third kappa shape index (κ3) is 5.15. The summed E-state index contributed by atoms with van der Waals surface area (Å²) in [7, 11) is 3.30. The number of hydrogen-bond donors (Lipinski definition) is 1. The number of rotatable bonds is 7. The second-order valence-corrected chi connectivity index (χ2v) is 8.72. The normalized spacial score (nSPS) is 15.6.